The number of benzene rings is 4. The van der Waals surface area contributed by atoms with E-state index in [-0.39, 0.29) is 0 Å². The molecule has 0 aliphatic heterocycles. The Morgan fingerprint density at radius 1 is 0.781 bits per heavy atom. The summed E-state index contributed by atoms with van der Waals surface area (Å²) in [6.45, 7) is 5.84. The topological polar surface area (TPSA) is 36.3 Å². The monoisotopic (exact) mass is 422 g/mol. The Labute approximate surface area is 188 Å². The van der Waals surface area contributed by atoms with E-state index in [0.717, 1.165) is 33.9 Å². The van der Waals surface area contributed by atoms with Crippen molar-refractivity contribution in [3.05, 3.63) is 102 Å². The molecule has 4 heteroatoms. The lowest BCUT2D eigenvalue weighted by Gasteiger charge is -2.13. The van der Waals surface area contributed by atoms with E-state index < -0.39 is 0 Å². The first-order valence-corrected chi connectivity index (χ1v) is 10.9. The fourth-order valence-electron chi connectivity index (χ4n) is 4.10. The number of hydrogen-bond donors (Lipinski definition) is 0. The fourth-order valence-corrected chi connectivity index (χ4v) is 4.10. The summed E-state index contributed by atoms with van der Waals surface area (Å²) in [6.07, 6.45) is 0. The Balaban J connectivity index is 1.34. The summed E-state index contributed by atoms with van der Waals surface area (Å²) in [5, 5.41) is 2.37. The molecule has 0 unspecified atom stereocenters. The number of aryl methyl sites for hydroxylation is 2. The summed E-state index contributed by atoms with van der Waals surface area (Å²) in [6, 6.07) is 28.9. The number of nitrogens with zero attached hydrogens (tertiary/aromatic N) is 2. The molecule has 4 nitrogen and oxygen atoms in total. The summed E-state index contributed by atoms with van der Waals surface area (Å²) < 4.78 is 14.4. The molecule has 0 atom stereocenters. The highest BCUT2D eigenvalue weighted by Crippen LogP contribution is 2.23. The molecule has 0 aliphatic rings. The molecule has 0 N–H and O–H groups in total. The van der Waals surface area contributed by atoms with Crippen molar-refractivity contribution in [3.63, 3.8) is 0 Å². The van der Waals surface area contributed by atoms with Crippen LogP contribution in [0.1, 0.15) is 17.0 Å². The van der Waals surface area contributed by atoms with Crippen molar-refractivity contribution in [2.45, 2.75) is 27.0 Å². The van der Waals surface area contributed by atoms with Gasteiger partial charge in [-0.2, -0.15) is 0 Å². The number of ether oxygens (including phenoxy) is 2. The van der Waals surface area contributed by atoms with Crippen LogP contribution in [-0.2, 0) is 13.2 Å². The average molecular weight is 423 g/mol. The molecule has 32 heavy (non-hydrogen) atoms. The SMILES string of the molecule is Cc1ccc(OCCn2c(COc3ccc4ccccc4c3)nc3ccccc32)c(C)c1. The molecule has 0 radical (unpaired) electrons. The maximum absolute atomic E-state index is 6.14. The predicted octanol–water partition coefficient (Wildman–Crippen LogP) is 6.46. The van der Waals surface area contributed by atoms with Crippen molar-refractivity contribution in [1.82, 2.24) is 9.55 Å². The molecule has 0 spiro atoms. The number of hydrogen-bond acceptors (Lipinski definition) is 3. The number of para-hydroxylation sites is 2. The highest BCUT2D eigenvalue weighted by atomic mass is 16.5. The first kappa shape index (κ1) is 20.1. The maximum atomic E-state index is 6.14. The summed E-state index contributed by atoms with van der Waals surface area (Å²) >= 11 is 0. The minimum absolute atomic E-state index is 0.399. The van der Waals surface area contributed by atoms with E-state index in [4.69, 9.17) is 14.5 Å². The molecule has 1 aromatic heterocycles. The second-order valence-corrected chi connectivity index (χ2v) is 8.08. The first-order valence-electron chi connectivity index (χ1n) is 10.9. The van der Waals surface area contributed by atoms with Crippen LogP contribution in [0, 0.1) is 13.8 Å². The van der Waals surface area contributed by atoms with Crippen molar-refractivity contribution in [2.24, 2.45) is 0 Å². The van der Waals surface area contributed by atoms with E-state index in [1.165, 1.54) is 16.3 Å². The molecule has 5 rings (SSSR count). The van der Waals surface area contributed by atoms with Crippen LogP contribution in [0.5, 0.6) is 11.5 Å². The van der Waals surface area contributed by atoms with Gasteiger partial charge in [-0.05, 0) is 60.5 Å². The number of aromatic nitrogens is 2. The largest absolute Gasteiger partial charge is 0.491 e. The van der Waals surface area contributed by atoms with E-state index in [9.17, 15) is 0 Å². The normalized spacial score (nSPS) is 11.2. The van der Waals surface area contributed by atoms with E-state index in [2.05, 4.69) is 60.9 Å². The van der Waals surface area contributed by atoms with Crippen LogP contribution in [0.25, 0.3) is 21.8 Å². The lowest BCUT2D eigenvalue weighted by Crippen LogP contribution is -2.13. The predicted molar refractivity (Wildman–Crippen MR) is 129 cm³/mol. The zero-order chi connectivity index (χ0) is 21.9. The number of fused-ring (bicyclic) bond motifs is 2. The van der Waals surface area contributed by atoms with Crippen molar-refractivity contribution in [3.8, 4) is 11.5 Å². The zero-order valence-electron chi connectivity index (χ0n) is 18.4. The minimum atomic E-state index is 0.399. The van der Waals surface area contributed by atoms with Gasteiger partial charge < -0.3 is 14.0 Å². The van der Waals surface area contributed by atoms with Gasteiger partial charge in [-0.25, -0.2) is 4.98 Å². The van der Waals surface area contributed by atoms with E-state index in [1.54, 1.807) is 0 Å². The summed E-state index contributed by atoms with van der Waals surface area (Å²) in [5.41, 5.74) is 4.45. The van der Waals surface area contributed by atoms with Crippen LogP contribution in [-0.4, -0.2) is 16.2 Å². The lowest BCUT2D eigenvalue weighted by atomic mass is 10.1. The Kier molecular flexibility index (Phi) is 5.51. The van der Waals surface area contributed by atoms with Crippen LogP contribution in [0.2, 0.25) is 0 Å². The van der Waals surface area contributed by atoms with Gasteiger partial charge in [-0.15, -0.1) is 0 Å². The van der Waals surface area contributed by atoms with Gasteiger partial charge in [0.25, 0.3) is 0 Å². The lowest BCUT2D eigenvalue weighted by molar-refractivity contribution is 0.272. The Bertz CT molecular complexity index is 1390. The molecule has 160 valence electrons. The molecule has 0 fully saturated rings. The molecular weight excluding hydrogens is 396 g/mol. The van der Waals surface area contributed by atoms with Gasteiger partial charge in [0.1, 0.15) is 30.5 Å². The van der Waals surface area contributed by atoms with Gasteiger partial charge in [0.15, 0.2) is 0 Å². The number of imidazole rings is 1. The third kappa shape index (κ3) is 4.17. The van der Waals surface area contributed by atoms with E-state index >= 15 is 0 Å². The third-order valence-corrected chi connectivity index (χ3v) is 5.73. The van der Waals surface area contributed by atoms with Crippen LogP contribution >= 0.6 is 0 Å². The van der Waals surface area contributed by atoms with E-state index in [1.807, 2.05) is 42.5 Å². The highest BCUT2D eigenvalue weighted by Gasteiger charge is 2.12. The summed E-state index contributed by atoms with van der Waals surface area (Å²) in [7, 11) is 0. The Morgan fingerprint density at radius 2 is 1.59 bits per heavy atom. The Morgan fingerprint density at radius 3 is 2.47 bits per heavy atom. The molecule has 4 aromatic carbocycles. The molecule has 0 bridgehead atoms. The molecule has 0 aliphatic carbocycles. The molecule has 5 aromatic rings. The summed E-state index contributed by atoms with van der Waals surface area (Å²) in [5.74, 6) is 2.66. The van der Waals surface area contributed by atoms with Gasteiger partial charge in [0, 0.05) is 0 Å². The summed E-state index contributed by atoms with van der Waals surface area (Å²) in [4.78, 5) is 4.83. The minimum Gasteiger partial charge on any atom is -0.491 e. The second-order valence-electron chi connectivity index (χ2n) is 8.08. The molecular formula is C28H26N2O2. The van der Waals surface area contributed by atoms with Gasteiger partial charge in [0.2, 0.25) is 0 Å². The van der Waals surface area contributed by atoms with Crippen molar-refractivity contribution >= 4 is 21.8 Å². The quantitative estimate of drug-likeness (QED) is 0.302. The van der Waals surface area contributed by atoms with Gasteiger partial charge in [-0.1, -0.05) is 60.2 Å². The van der Waals surface area contributed by atoms with E-state index in [0.29, 0.717) is 19.8 Å². The maximum Gasteiger partial charge on any atom is 0.148 e. The van der Waals surface area contributed by atoms with Crippen LogP contribution in [0.15, 0.2) is 84.9 Å². The van der Waals surface area contributed by atoms with Crippen LogP contribution in [0.4, 0.5) is 0 Å². The number of rotatable bonds is 7. The van der Waals surface area contributed by atoms with Gasteiger partial charge in [-0.3, -0.25) is 0 Å². The second kappa shape index (κ2) is 8.75. The highest BCUT2D eigenvalue weighted by molar-refractivity contribution is 5.83. The smallest absolute Gasteiger partial charge is 0.148 e. The fraction of sp³-hybridized carbons (Fsp3) is 0.179. The Hall–Kier alpha value is -3.79. The third-order valence-electron chi connectivity index (χ3n) is 5.73. The average Bonchev–Trinajstić information content (AvgIpc) is 3.16. The van der Waals surface area contributed by atoms with Gasteiger partial charge in [0.05, 0.1) is 17.6 Å². The zero-order valence-corrected chi connectivity index (χ0v) is 18.4. The van der Waals surface area contributed by atoms with Crippen molar-refractivity contribution in [1.29, 1.82) is 0 Å². The van der Waals surface area contributed by atoms with Crippen LogP contribution < -0.4 is 9.47 Å². The van der Waals surface area contributed by atoms with Crippen molar-refractivity contribution in [2.75, 3.05) is 6.61 Å². The standard InChI is InChI=1S/C28H26N2O2/c1-20-11-14-27(21(2)17-20)31-16-15-30-26-10-6-5-9-25(26)29-28(30)19-32-24-13-12-22-7-3-4-8-23(22)18-24/h3-14,17-18H,15-16,19H2,1-2H3. The van der Waals surface area contributed by atoms with Crippen LogP contribution in [0.3, 0.4) is 0 Å². The molecule has 0 saturated carbocycles. The first-order chi connectivity index (χ1) is 15.7. The molecule has 1 heterocycles. The molecule has 0 amide bonds. The van der Waals surface area contributed by atoms with Crippen molar-refractivity contribution < 1.29 is 9.47 Å². The molecule has 0 saturated heterocycles. The van der Waals surface area contributed by atoms with Gasteiger partial charge >= 0.3 is 0 Å².